The molecule has 25 heavy (non-hydrogen) atoms. The van der Waals surface area contributed by atoms with E-state index < -0.39 is 0 Å². The van der Waals surface area contributed by atoms with Gasteiger partial charge in [0, 0.05) is 24.7 Å². The fourth-order valence-electron chi connectivity index (χ4n) is 4.03. The molecule has 0 saturated carbocycles. The summed E-state index contributed by atoms with van der Waals surface area (Å²) in [6.07, 6.45) is 3.59. The molecule has 0 aromatic heterocycles. The van der Waals surface area contributed by atoms with Crippen LogP contribution in [0.5, 0.6) is 5.75 Å². The molecule has 1 aromatic rings. The van der Waals surface area contributed by atoms with Gasteiger partial charge in [-0.3, -0.25) is 14.5 Å². The summed E-state index contributed by atoms with van der Waals surface area (Å²) in [5.41, 5.74) is 1.43. The van der Waals surface area contributed by atoms with Crippen LogP contribution in [-0.2, 0) is 9.53 Å². The SMILES string of the molecule is COC(=O)[C@@H]1CCCN1C1CCN(C(=O)c2cc(O)ccc2C)CC1. The van der Waals surface area contributed by atoms with E-state index in [2.05, 4.69) is 4.90 Å². The maximum Gasteiger partial charge on any atom is 0.323 e. The van der Waals surface area contributed by atoms with Crippen molar-refractivity contribution in [2.75, 3.05) is 26.7 Å². The summed E-state index contributed by atoms with van der Waals surface area (Å²) in [6, 6.07) is 5.09. The summed E-state index contributed by atoms with van der Waals surface area (Å²) in [5, 5.41) is 9.65. The summed E-state index contributed by atoms with van der Waals surface area (Å²) in [7, 11) is 1.44. The molecular weight excluding hydrogens is 320 g/mol. The van der Waals surface area contributed by atoms with Gasteiger partial charge in [0.15, 0.2) is 0 Å². The van der Waals surface area contributed by atoms with Crippen LogP contribution in [0.2, 0.25) is 0 Å². The highest BCUT2D eigenvalue weighted by Crippen LogP contribution is 2.28. The quantitative estimate of drug-likeness (QED) is 0.847. The first-order valence-corrected chi connectivity index (χ1v) is 8.93. The van der Waals surface area contributed by atoms with Gasteiger partial charge >= 0.3 is 5.97 Å². The Bertz CT molecular complexity index is 653. The lowest BCUT2D eigenvalue weighted by Crippen LogP contribution is -2.50. The second kappa shape index (κ2) is 7.44. The van der Waals surface area contributed by atoms with Crippen LogP contribution in [0.1, 0.15) is 41.6 Å². The molecule has 2 aliphatic rings. The molecule has 0 radical (unpaired) electrons. The van der Waals surface area contributed by atoms with E-state index >= 15 is 0 Å². The van der Waals surface area contributed by atoms with Crippen LogP contribution in [0.15, 0.2) is 18.2 Å². The van der Waals surface area contributed by atoms with E-state index in [1.54, 1.807) is 12.1 Å². The summed E-state index contributed by atoms with van der Waals surface area (Å²) in [4.78, 5) is 28.8. The Labute approximate surface area is 148 Å². The molecule has 136 valence electrons. The number of amides is 1. The molecule has 0 unspecified atom stereocenters. The molecule has 1 amide bonds. The summed E-state index contributed by atoms with van der Waals surface area (Å²) in [6.45, 7) is 4.14. The van der Waals surface area contributed by atoms with Crippen LogP contribution in [0.3, 0.4) is 0 Å². The number of hydrogen-bond acceptors (Lipinski definition) is 5. The fourth-order valence-corrected chi connectivity index (χ4v) is 4.03. The van der Waals surface area contributed by atoms with Crippen LogP contribution < -0.4 is 0 Å². The van der Waals surface area contributed by atoms with Crippen molar-refractivity contribution in [3.8, 4) is 5.75 Å². The predicted octanol–water partition coefficient (Wildman–Crippen LogP) is 1.94. The zero-order valence-electron chi connectivity index (χ0n) is 14.9. The Morgan fingerprint density at radius 2 is 1.88 bits per heavy atom. The number of piperidine rings is 1. The van der Waals surface area contributed by atoms with Crippen LogP contribution in [0.4, 0.5) is 0 Å². The number of aryl methyl sites for hydroxylation is 1. The highest BCUT2D eigenvalue weighted by atomic mass is 16.5. The lowest BCUT2D eigenvalue weighted by atomic mass is 10.00. The third kappa shape index (κ3) is 3.63. The number of phenolic OH excluding ortho intramolecular Hbond substituents is 1. The molecule has 1 aromatic carbocycles. The van der Waals surface area contributed by atoms with Gasteiger partial charge in [-0.05, 0) is 56.8 Å². The number of methoxy groups -OCH3 is 1. The van der Waals surface area contributed by atoms with E-state index in [1.807, 2.05) is 11.8 Å². The van der Waals surface area contributed by atoms with Crippen LogP contribution >= 0.6 is 0 Å². The molecule has 6 nitrogen and oxygen atoms in total. The first-order chi connectivity index (χ1) is 12.0. The van der Waals surface area contributed by atoms with E-state index in [0.29, 0.717) is 24.7 Å². The van der Waals surface area contributed by atoms with Crippen LogP contribution in [0.25, 0.3) is 0 Å². The first kappa shape index (κ1) is 17.7. The van der Waals surface area contributed by atoms with Crippen molar-refractivity contribution in [3.05, 3.63) is 29.3 Å². The third-order valence-corrected chi connectivity index (χ3v) is 5.44. The Kier molecular flexibility index (Phi) is 5.27. The fraction of sp³-hybridized carbons (Fsp3) is 0.579. The molecule has 2 aliphatic heterocycles. The number of likely N-dealkylation sites (tertiary alicyclic amines) is 2. The Balaban J connectivity index is 1.63. The molecule has 3 rings (SSSR count). The molecule has 2 heterocycles. The first-order valence-electron chi connectivity index (χ1n) is 8.93. The zero-order chi connectivity index (χ0) is 18.0. The third-order valence-electron chi connectivity index (χ3n) is 5.44. The minimum absolute atomic E-state index is 0.0298. The van der Waals surface area contributed by atoms with Crippen molar-refractivity contribution in [1.82, 2.24) is 9.80 Å². The normalized spacial score (nSPS) is 22.2. The molecule has 1 atom stereocenters. The van der Waals surface area contributed by atoms with Gasteiger partial charge in [0.1, 0.15) is 11.8 Å². The van der Waals surface area contributed by atoms with E-state index in [1.165, 1.54) is 13.2 Å². The van der Waals surface area contributed by atoms with Crippen molar-refractivity contribution in [3.63, 3.8) is 0 Å². The molecule has 2 fully saturated rings. The average Bonchev–Trinajstić information content (AvgIpc) is 3.12. The molecule has 0 spiro atoms. The Hall–Kier alpha value is -2.08. The van der Waals surface area contributed by atoms with Gasteiger partial charge in [-0.1, -0.05) is 6.07 Å². The molecule has 1 N–H and O–H groups in total. The summed E-state index contributed by atoms with van der Waals surface area (Å²) >= 11 is 0. The van der Waals surface area contributed by atoms with Crippen molar-refractivity contribution in [2.24, 2.45) is 0 Å². The summed E-state index contributed by atoms with van der Waals surface area (Å²) in [5.74, 6) is -0.0639. The monoisotopic (exact) mass is 346 g/mol. The van der Waals surface area contributed by atoms with E-state index in [-0.39, 0.29) is 23.7 Å². The number of phenols is 1. The topological polar surface area (TPSA) is 70.1 Å². The summed E-state index contributed by atoms with van der Waals surface area (Å²) < 4.78 is 4.93. The van der Waals surface area contributed by atoms with Crippen molar-refractivity contribution >= 4 is 11.9 Å². The van der Waals surface area contributed by atoms with Gasteiger partial charge < -0.3 is 14.7 Å². The largest absolute Gasteiger partial charge is 0.508 e. The second-order valence-electron chi connectivity index (χ2n) is 6.94. The lowest BCUT2D eigenvalue weighted by molar-refractivity contribution is -0.147. The second-order valence-corrected chi connectivity index (χ2v) is 6.94. The number of ether oxygens (including phenoxy) is 1. The molecule has 0 bridgehead atoms. The number of aromatic hydroxyl groups is 1. The number of nitrogens with zero attached hydrogens (tertiary/aromatic N) is 2. The van der Waals surface area contributed by atoms with Crippen LogP contribution in [0, 0.1) is 6.92 Å². The highest BCUT2D eigenvalue weighted by Gasteiger charge is 2.38. The Morgan fingerprint density at radius 3 is 2.56 bits per heavy atom. The van der Waals surface area contributed by atoms with Gasteiger partial charge in [-0.25, -0.2) is 0 Å². The molecule has 0 aliphatic carbocycles. The van der Waals surface area contributed by atoms with E-state index in [4.69, 9.17) is 4.74 Å². The smallest absolute Gasteiger partial charge is 0.323 e. The lowest BCUT2D eigenvalue weighted by Gasteiger charge is -2.38. The number of rotatable bonds is 3. The number of esters is 1. The predicted molar refractivity (Wildman–Crippen MR) is 93.5 cm³/mol. The zero-order valence-corrected chi connectivity index (χ0v) is 14.9. The molecule has 2 saturated heterocycles. The maximum absolute atomic E-state index is 12.7. The van der Waals surface area contributed by atoms with E-state index in [9.17, 15) is 14.7 Å². The number of carbonyl (C=O) groups is 2. The Morgan fingerprint density at radius 1 is 1.16 bits per heavy atom. The highest BCUT2D eigenvalue weighted by molar-refractivity contribution is 5.96. The van der Waals surface area contributed by atoms with Crippen molar-refractivity contribution < 1.29 is 19.4 Å². The number of hydrogen-bond donors (Lipinski definition) is 1. The standard InChI is InChI=1S/C19H26N2O4/c1-13-5-6-15(22)12-16(13)18(23)20-10-7-14(8-11-20)21-9-3-4-17(21)19(24)25-2/h5-6,12,14,17,22H,3-4,7-11H2,1-2H3/t17-/m0/s1. The van der Waals surface area contributed by atoms with Gasteiger partial charge in [0.25, 0.3) is 5.91 Å². The minimum atomic E-state index is -0.147. The van der Waals surface area contributed by atoms with Gasteiger partial charge in [-0.2, -0.15) is 0 Å². The van der Waals surface area contributed by atoms with E-state index in [0.717, 1.165) is 37.8 Å². The maximum atomic E-state index is 12.7. The van der Waals surface area contributed by atoms with Crippen molar-refractivity contribution in [1.29, 1.82) is 0 Å². The molecule has 6 heteroatoms. The van der Waals surface area contributed by atoms with Gasteiger partial charge in [-0.15, -0.1) is 0 Å². The van der Waals surface area contributed by atoms with Gasteiger partial charge in [0.05, 0.1) is 7.11 Å². The molecular formula is C19H26N2O4. The number of benzene rings is 1. The minimum Gasteiger partial charge on any atom is -0.508 e. The van der Waals surface area contributed by atoms with Crippen LogP contribution in [-0.4, -0.2) is 65.6 Å². The average molecular weight is 346 g/mol. The number of carbonyl (C=O) groups excluding carboxylic acids is 2. The van der Waals surface area contributed by atoms with Crippen molar-refractivity contribution in [2.45, 2.75) is 44.7 Å². The van der Waals surface area contributed by atoms with Gasteiger partial charge in [0.2, 0.25) is 0 Å².